The zero-order valence-electron chi connectivity index (χ0n) is 30.7. The summed E-state index contributed by atoms with van der Waals surface area (Å²) in [6.45, 7) is 21.0. The first kappa shape index (κ1) is 40.3. The van der Waals surface area contributed by atoms with E-state index in [1.54, 1.807) is 7.11 Å². The molecule has 0 aromatic heterocycles. The van der Waals surface area contributed by atoms with Gasteiger partial charge in [0.15, 0.2) is 8.32 Å². The summed E-state index contributed by atoms with van der Waals surface area (Å²) >= 11 is 0. The van der Waals surface area contributed by atoms with Gasteiger partial charge >= 0.3 is 0 Å². The van der Waals surface area contributed by atoms with Gasteiger partial charge in [0, 0.05) is 7.11 Å². The summed E-state index contributed by atoms with van der Waals surface area (Å²) in [5.41, 5.74) is 1.75. The molecule has 0 spiro atoms. The minimum Gasteiger partial charge on any atom is -0.411 e. The molecule has 0 aliphatic carbocycles. The smallest absolute Gasteiger partial charge is 0.261 e. The molecule has 7 heteroatoms. The summed E-state index contributed by atoms with van der Waals surface area (Å²) < 4.78 is 26.3. The average Bonchev–Trinajstić information content (AvgIpc) is 3.06. The van der Waals surface area contributed by atoms with Crippen molar-refractivity contribution in [2.45, 2.75) is 123 Å². The summed E-state index contributed by atoms with van der Waals surface area (Å²) in [4.78, 5) is 0. The van der Waals surface area contributed by atoms with Gasteiger partial charge in [-0.2, -0.15) is 0 Å². The number of ether oxygens (including phenoxy) is 2. The van der Waals surface area contributed by atoms with Gasteiger partial charge in [-0.05, 0) is 80.0 Å². The van der Waals surface area contributed by atoms with Crippen molar-refractivity contribution < 1.29 is 23.4 Å². The third-order valence-electron chi connectivity index (χ3n) is 9.85. The Kier molecular flexibility index (Phi) is 16.9. The fourth-order valence-electron chi connectivity index (χ4n) is 6.51. The van der Waals surface area contributed by atoms with E-state index < -0.39 is 22.2 Å². The molecule has 2 rings (SSSR count). The van der Waals surface area contributed by atoms with Crippen molar-refractivity contribution in [1.29, 1.82) is 0 Å². The van der Waals surface area contributed by atoms with E-state index in [1.807, 2.05) is 6.92 Å². The monoisotopic (exact) mass is 668 g/mol. The van der Waals surface area contributed by atoms with Crippen molar-refractivity contribution in [3.05, 3.63) is 84.0 Å². The molecule has 2 aromatic rings. The fourth-order valence-corrected chi connectivity index (χ4v) is 14.0. The predicted octanol–water partition coefficient (Wildman–Crippen LogP) is 8.78. The molecule has 0 fully saturated rings. The lowest BCUT2D eigenvalue weighted by Crippen LogP contribution is -2.66. The second kappa shape index (κ2) is 19.2. The molecule has 0 aliphatic heterocycles. The van der Waals surface area contributed by atoms with Crippen molar-refractivity contribution in [3.63, 3.8) is 0 Å². The van der Waals surface area contributed by atoms with E-state index in [0.717, 1.165) is 49.4 Å². The summed E-state index contributed by atoms with van der Waals surface area (Å²) in [7, 11) is -2.86. The van der Waals surface area contributed by atoms with Crippen LogP contribution in [-0.2, 0) is 18.3 Å². The standard InChI is InChI=1S/C39H64O5Si2/c1-11-45(12-2,13-3)44-37(39(9,42-32-41-10)29-20-21-34(5)31-40)27-26-33(4)28-30-43-46(38(6,7)8,35-22-16-14-17-23-35)36-24-18-15-19-25-36/h14-19,21-25,28,37,40H,11-13,20,26-27,29-32H2,1-10H3/b33-28+,34-21+/t37-,39+/m1/s1. The van der Waals surface area contributed by atoms with Crippen LogP contribution in [0.3, 0.4) is 0 Å². The normalized spacial score (nSPS) is 15.5. The van der Waals surface area contributed by atoms with Gasteiger partial charge in [0.1, 0.15) is 6.79 Å². The first-order valence-corrected chi connectivity index (χ1v) is 21.8. The van der Waals surface area contributed by atoms with Gasteiger partial charge in [-0.1, -0.05) is 126 Å². The van der Waals surface area contributed by atoms with Crippen LogP contribution in [0.2, 0.25) is 23.2 Å². The number of hydrogen-bond acceptors (Lipinski definition) is 5. The van der Waals surface area contributed by atoms with E-state index in [4.69, 9.17) is 18.3 Å². The number of aliphatic hydroxyl groups excluding tert-OH is 1. The van der Waals surface area contributed by atoms with Crippen LogP contribution >= 0.6 is 0 Å². The number of benzene rings is 2. The Labute approximate surface area is 283 Å². The van der Waals surface area contributed by atoms with Crippen molar-refractivity contribution in [2.24, 2.45) is 0 Å². The Bertz CT molecular complexity index is 1140. The van der Waals surface area contributed by atoms with Gasteiger partial charge < -0.3 is 23.4 Å². The van der Waals surface area contributed by atoms with Gasteiger partial charge in [0.05, 0.1) is 24.9 Å². The van der Waals surface area contributed by atoms with Crippen LogP contribution in [-0.4, -0.2) is 60.6 Å². The minimum absolute atomic E-state index is 0.0614. The number of allylic oxidation sites excluding steroid dienone is 2. The second-order valence-corrected chi connectivity index (χ2v) is 23.1. The third-order valence-corrected chi connectivity index (χ3v) is 19.5. The molecular weight excluding hydrogens is 605 g/mol. The van der Waals surface area contributed by atoms with Crippen molar-refractivity contribution >= 4 is 27.0 Å². The molecule has 0 saturated carbocycles. The molecule has 0 unspecified atom stereocenters. The average molecular weight is 669 g/mol. The van der Waals surface area contributed by atoms with Crippen LogP contribution in [0.15, 0.2) is 84.0 Å². The second-order valence-electron chi connectivity index (χ2n) is 14.0. The number of aliphatic hydroxyl groups is 1. The maximum absolute atomic E-state index is 9.55. The van der Waals surface area contributed by atoms with Crippen LogP contribution in [0.25, 0.3) is 0 Å². The topological polar surface area (TPSA) is 57.2 Å². The lowest BCUT2D eigenvalue weighted by Gasteiger charge is -2.43. The Morgan fingerprint density at radius 2 is 1.37 bits per heavy atom. The third kappa shape index (κ3) is 10.8. The number of hydrogen-bond donors (Lipinski definition) is 1. The molecular formula is C39H64O5Si2. The van der Waals surface area contributed by atoms with Crippen molar-refractivity contribution in [3.8, 4) is 0 Å². The Hall–Kier alpha value is -1.85. The number of methoxy groups -OCH3 is 1. The Balaban J connectivity index is 2.38. The molecule has 0 bridgehead atoms. The minimum atomic E-state index is -2.60. The predicted molar refractivity (Wildman–Crippen MR) is 200 cm³/mol. The molecule has 0 radical (unpaired) electrons. The largest absolute Gasteiger partial charge is 0.411 e. The van der Waals surface area contributed by atoms with Crippen LogP contribution < -0.4 is 10.4 Å². The molecule has 2 aromatic carbocycles. The fraction of sp³-hybridized carbons (Fsp3) is 0.590. The summed E-state index contributed by atoms with van der Waals surface area (Å²) in [5.74, 6) is 0. The molecule has 1 N–H and O–H groups in total. The van der Waals surface area contributed by atoms with Gasteiger partial charge in [-0.25, -0.2) is 0 Å². The molecule has 0 saturated heterocycles. The van der Waals surface area contributed by atoms with E-state index in [9.17, 15) is 5.11 Å². The lowest BCUT2D eigenvalue weighted by atomic mass is 9.89. The van der Waals surface area contributed by atoms with Crippen LogP contribution in [0.1, 0.15) is 88.0 Å². The SMILES string of the molecule is CC[Si](CC)(CC)O[C@H](CC/C(C)=C/CO[Si](c1ccccc1)(c1ccccc1)C(C)(C)C)[C@](C)(CC/C=C(\C)CO)OCOC. The molecule has 0 aliphatic rings. The molecule has 258 valence electrons. The summed E-state index contributed by atoms with van der Waals surface area (Å²) in [6, 6.07) is 24.9. The van der Waals surface area contributed by atoms with Gasteiger partial charge in [-0.15, -0.1) is 0 Å². The zero-order valence-corrected chi connectivity index (χ0v) is 32.7. The first-order valence-electron chi connectivity index (χ1n) is 17.3. The molecule has 0 heterocycles. The molecule has 0 amide bonds. The highest BCUT2D eigenvalue weighted by Crippen LogP contribution is 2.37. The Morgan fingerprint density at radius 3 is 1.83 bits per heavy atom. The first-order chi connectivity index (χ1) is 21.9. The van der Waals surface area contributed by atoms with Crippen molar-refractivity contribution in [2.75, 3.05) is 27.1 Å². The van der Waals surface area contributed by atoms with E-state index in [2.05, 4.69) is 128 Å². The van der Waals surface area contributed by atoms with Gasteiger partial charge in [-0.3, -0.25) is 0 Å². The maximum atomic E-state index is 9.55. The quantitative estimate of drug-likeness (QED) is 0.0819. The summed E-state index contributed by atoms with van der Waals surface area (Å²) in [5, 5.41) is 12.1. The number of rotatable bonds is 21. The molecule has 2 atom stereocenters. The van der Waals surface area contributed by atoms with Crippen LogP contribution in [0, 0.1) is 0 Å². The van der Waals surface area contributed by atoms with Crippen LogP contribution in [0.5, 0.6) is 0 Å². The van der Waals surface area contributed by atoms with E-state index in [-0.39, 0.29) is 24.5 Å². The molecule has 5 nitrogen and oxygen atoms in total. The summed E-state index contributed by atoms with van der Waals surface area (Å²) in [6.07, 6.45) is 7.68. The van der Waals surface area contributed by atoms with Crippen molar-refractivity contribution in [1.82, 2.24) is 0 Å². The van der Waals surface area contributed by atoms with Gasteiger partial charge in [0.2, 0.25) is 0 Å². The highest BCUT2D eigenvalue weighted by Gasteiger charge is 2.50. The maximum Gasteiger partial charge on any atom is 0.261 e. The highest BCUT2D eigenvalue weighted by atomic mass is 28.4. The van der Waals surface area contributed by atoms with Crippen LogP contribution in [0.4, 0.5) is 0 Å². The zero-order chi connectivity index (χ0) is 34.3. The molecule has 46 heavy (non-hydrogen) atoms. The van der Waals surface area contributed by atoms with E-state index >= 15 is 0 Å². The van der Waals surface area contributed by atoms with Gasteiger partial charge in [0.25, 0.3) is 8.32 Å². The Morgan fingerprint density at radius 1 is 0.826 bits per heavy atom. The lowest BCUT2D eigenvalue weighted by molar-refractivity contribution is -0.168. The highest BCUT2D eigenvalue weighted by molar-refractivity contribution is 6.99. The van der Waals surface area contributed by atoms with E-state index in [0.29, 0.717) is 6.61 Å². The van der Waals surface area contributed by atoms with E-state index in [1.165, 1.54) is 15.9 Å².